The Hall–Kier alpha value is -1.96. The Morgan fingerprint density at radius 2 is 2.18 bits per heavy atom. The number of thiophene rings is 1. The largest absolute Gasteiger partial charge is 0.480 e. The standard InChI is InChI=1S/C9H10N2O5S/c1-4(9(13)14)10-8(12)7-3-6(11(15)16)5(2)17-7/h3-4H,1-2H3,(H,10,12)(H,13,14). The molecule has 1 amide bonds. The number of aliphatic carboxylic acids is 1. The van der Waals surface area contributed by atoms with E-state index in [-0.39, 0.29) is 10.6 Å². The number of aryl methyl sites for hydroxylation is 1. The van der Waals surface area contributed by atoms with Crippen molar-refractivity contribution in [3.05, 3.63) is 25.9 Å². The van der Waals surface area contributed by atoms with Gasteiger partial charge < -0.3 is 10.4 Å². The summed E-state index contributed by atoms with van der Waals surface area (Å²) in [6, 6.07) is 0.105. The molecule has 0 spiro atoms. The summed E-state index contributed by atoms with van der Waals surface area (Å²) in [5.74, 6) is -1.79. The van der Waals surface area contributed by atoms with Crippen LogP contribution in [-0.2, 0) is 4.79 Å². The van der Waals surface area contributed by atoms with Gasteiger partial charge in [-0.15, -0.1) is 11.3 Å². The lowest BCUT2D eigenvalue weighted by Gasteiger charge is -2.06. The number of hydrogen-bond donors (Lipinski definition) is 2. The van der Waals surface area contributed by atoms with Gasteiger partial charge in [-0.25, -0.2) is 0 Å². The van der Waals surface area contributed by atoms with E-state index in [4.69, 9.17) is 5.11 Å². The van der Waals surface area contributed by atoms with Crippen molar-refractivity contribution in [2.75, 3.05) is 0 Å². The molecule has 1 atom stereocenters. The molecule has 7 nitrogen and oxygen atoms in total. The van der Waals surface area contributed by atoms with Crippen LogP contribution in [0.4, 0.5) is 5.69 Å². The Labute approximate surface area is 100 Å². The van der Waals surface area contributed by atoms with Crippen LogP contribution in [0.2, 0.25) is 0 Å². The number of nitro groups is 1. The zero-order chi connectivity index (χ0) is 13.2. The van der Waals surface area contributed by atoms with Crippen molar-refractivity contribution in [1.29, 1.82) is 0 Å². The number of amides is 1. The molecule has 0 saturated heterocycles. The normalized spacial score (nSPS) is 11.9. The Morgan fingerprint density at radius 3 is 2.59 bits per heavy atom. The molecule has 0 aromatic carbocycles. The number of nitrogens with zero attached hydrogens (tertiary/aromatic N) is 1. The number of nitrogens with one attached hydrogen (secondary N) is 1. The second-order valence-electron chi connectivity index (χ2n) is 3.34. The minimum absolute atomic E-state index is 0.127. The summed E-state index contributed by atoms with van der Waals surface area (Å²) in [6.07, 6.45) is 0. The van der Waals surface area contributed by atoms with E-state index in [0.717, 1.165) is 17.4 Å². The molecule has 0 fully saturated rings. The lowest BCUT2D eigenvalue weighted by Crippen LogP contribution is -2.37. The maximum Gasteiger partial charge on any atom is 0.325 e. The summed E-state index contributed by atoms with van der Waals surface area (Å²) >= 11 is 0.958. The van der Waals surface area contributed by atoms with Crippen LogP contribution in [0.25, 0.3) is 0 Å². The van der Waals surface area contributed by atoms with Gasteiger partial charge in [-0.3, -0.25) is 19.7 Å². The second-order valence-corrected chi connectivity index (χ2v) is 4.60. The molecular formula is C9H10N2O5S. The van der Waals surface area contributed by atoms with E-state index in [1.165, 1.54) is 13.8 Å². The number of carbonyl (C=O) groups excluding carboxylic acids is 1. The predicted octanol–water partition coefficient (Wildman–Crippen LogP) is 1.17. The maximum absolute atomic E-state index is 11.6. The SMILES string of the molecule is Cc1sc(C(=O)NC(C)C(=O)O)cc1[N+](=O)[O-]. The molecular weight excluding hydrogens is 248 g/mol. The van der Waals surface area contributed by atoms with E-state index in [1.807, 2.05) is 0 Å². The van der Waals surface area contributed by atoms with Gasteiger partial charge in [0.05, 0.1) is 14.7 Å². The first kappa shape index (κ1) is 13.1. The summed E-state index contributed by atoms with van der Waals surface area (Å²) in [6.45, 7) is 2.84. The maximum atomic E-state index is 11.6. The molecule has 1 unspecified atom stereocenters. The van der Waals surface area contributed by atoms with Gasteiger partial charge >= 0.3 is 5.97 Å². The molecule has 0 radical (unpaired) electrons. The molecule has 17 heavy (non-hydrogen) atoms. The van der Waals surface area contributed by atoms with Gasteiger partial charge in [0.1, 0.15) is 6.04 Å². The average molecular weight is 258 g/mol. The first-order chi connectivity index (χ1) is 7.82. The molecule has 0 aliphatic heterocycles. The number of hydrogen-bond acceptors (Lipinski definition) is 5. The topological polar surface area (TPSA) is 110 Å². The van der Waals surface area contributed by atoms with Gasteiger partial charge in [0.2, 0.25) is 0 Å². The minimum atomic E-state index is -1.17. The molecule has 8 heteroatoms. The van der Waals surface area contributed by atoms with Crippen LogP contribution in [0.15, 0.2) is 6.07 Å². The number of carbonyl (C=O) groups is 2. The third-order valence-corrected chi connectivity index (χ3v) is 3.07. The molecule has 0 aliphatic carbocycles. The fourth-order valence-corrected chi connectivity index (χ4v) is 1.99. The lowest BCUT2D eigenvalue weighted by molar-refractivity contribution is -0.385. The van der Waals surface area contributed by atoms with Gasteiger partial charge in [0, 0.05) is 6.07 Å². The molecule has 1 aromatic heterocycles. The Bertz CT molecular complexity index is 482. The highest BCUT2D eigenvalue weighted by molar-refractivity contribution is 7.14. The number of carboxylic acid groups (broad SMARTS) is 1. The first-order valence-electron chi connectivity index (χ1n) is 4.61. The summed E-state index contributed by atoms with van der Waals surface area (Å²) < 4.78 is 0. The Kier molecular flexibility index (Phi) is 3.79. The first-order valence-corrected chi connectivity index (χ1v) is 5.43. The molecule has 2 N–H and O–H groups in total. The third kappa shape index (κ3) is 3.00. The molecule has 92 valence electrons. The van der Waals surface area contributed by atoms with Gasteiger partial charge in [-0.05, 0) is 13.8 Å². The molecule has 1 aromatic rings. The Morgan fingerprint density at radius 1 is 1.59 bits per heavy atom. The monoisotopic (exact) mass is 258 g/mol. The van der Waals surface area contributed by atoms with Crippen LogP contribution in [0, 0.1) is 17.0 Å². The van der Waals surface area contributed by atoms with E-state index in [1.54, 1.807) is 0 Å². The highest BCUT2D eigenvalue weighted by Crippen LogP contribution is 2.27. The van der Waals surface area contributed by atoms with E-state index in [9.17, 15) is 19.7 Å². The average Bonchev–Trinajstić information content (AvgIpc) is 2.60. The third-order valence-electron chi connectivity index (χ3n) is 2.03. The van der Waals surface area contributed by atoms with Crippen molar-refractivity contribution >= 4 is 28.9 Å². The van der Waals surface area contributed by atoms with Crippen LogP contribution < -0.4 is 5.32 Å². The van der Waals surface area contributed by atoms with Crippen molar-refractivity contribution in [3.63, 3.8) is 0 Å². The van der Waals surface area contributed by atoms with Crippen molar-refractivity contribution in [1.82, 2.24) is 5.32 Å². The smallest absolute Gasteiger partial charge is 0.325 e. The molecule has 0 saturated carbocycles. The van der Waals surface area contributed by atoms with Crippen molar-refractivity contribution in [2.45, 2.75) is 19.9 Å². The molecule has 0 bridgehead atoms. The zero-order valence-corrected chi connectivity index (χ0v) is 9.91. The van der Waals surface area contributed by atoms with Gasteiger partial charge in [-0.1, -0.05) is 0 Å². The number of rotatable bonds is 4. The van der Waals surface area contributed by atoms with Crippen LogP contribution in [0.5, 0.6) is 0 Å². The summed E-state index contributed by atoms with van der Waals surface area (Å²) in [7, 11) is 0. The minimum Gasteiger partial charge on any atom is -0.480 e. The fourth-order valence-electron chi connectivity index (χ4n) is 1.10. The van der Waals surface area contributed by atoms with Gasteiger partial charge in [0.25, 0.3) is 11.6 Å². The number of carboxylic acids is 1. The van der Waals surface area contributed by atoms with E-state index >= 15 is 0 Å². The van der Waals surface area contributed by atoms with Crippen LogP contribution in [0.1, 0.15) is 21.5 Å². The zero-order valence-electron chi connectivity index (χ0n) is 9.09. The molecule has 1 rings (SSSR count). The summed E-state index contributed by atoms with van der Waals surface area (Å²) in [4.78, 5) is 32.6. The van der Waals surface area contributed by atoms with Crippen LogP contribution in [0.3, 0.4) is 0 Å². The second kappa shape index (κ2) is 4.91. The van der Waals surface area contributed by atoms with Crippen molar-refractivity contribution in [2.24, 2.45) is 0 Å². The predicted molar refractivity (Wildman–Crippen MR) is 60.3 cm³/mol. The fraction of sp³-hybridized carbons (Fsp3) is 0.333. The van der Waals surface area contributed by atoms with Crippen molar-refractivity contribution < 1.29 is 19.6 Å². The van der Waals surface area contributed by atoms with Gasteiger partial charge in [0.15, 0.2) is 0 Å². The summed E-state index contributed by atoms with van der Waals surface area (Å²) in [5.41, 5.74) is -0.136. The van der Waals surface area contributed by atoms with E-state index in [0.29, 0.717) is 4.88 Å². The highest BCUT2D eigenvalue weighted by atomic mass is 32.1. The van der Waals surface area contributed by atoms with E-state index in [2.05, 4.69) is 5.32 Å². The molecule has 1 heterocycles. The van der Waals surface area contributed by atoms with Crippen molar-refractivity contribution in [3.8, 4) is 0 Å². The van der Waals surface area contributed by atoms with Crippen LogP contribution >= 0.6 is 11.3 Å². The highest BCUT2D eigenvalue weighted by Gasteiger charge is 2.21. The van der Waals surface area contributed by atoms with Gasteiger partial charge in [-0.2, -0.15) is 0 Å². The Balaban J connectivity index is 2.87. The summed E-state index contributed by atoms with van der Waals surface area (Å²) in [5, 5.41) is 21.4. The van der Waals surface area contributed by atoms with E-state index < -0.39 is 22.8 Å². The lowest BCUT2D eigenvalue weighted by atomic mass is 10.3. The quantitative estimate of drug-likeness (QED) is 0.622. The van der Waals surface area contributed by atoms with Crippen LogP contribution in [-0.4, -0.2) is 27.9 Å². The molecule has 0 aliphatic rings.